The van der Waals surface area contributed by atoms with Gasteiger partial charge in [-0.1, -0.05) is 13.0 Å². The maximum atomic E-state index is 13.4. The molecule has 0 amide bonds. The van der Waals surface area contributed by atoms with E-state index < -0.39 is 0 Å². The molecule has 0 saturated heterocycles. The van der Waals surface area contributed by atoms with Crippen LogP contribution < -0.4 is 10.5 Å². The molecule has 2 N–H and O–H groups in total. The van der Waals surface area contributed by atoms with Crippen molar-refractivity contribution in [2.75, 3.05) is 12.8 Å². The van der Waals surface area contributed by atoms with Gasteiger partial charge in [0, 0.05) is 11.3 Å². The van der Waals surface area contributed by atoms with Crippen LogP contribution in [-0.4, -0.2) is 7.11 Å². The van der Waals surface area contributed by atoms with Crippen molar-refractivity contribution >= 4 is 5.69 Å². The van der Waals surface area contributed by atoms with Crippen LogP contribution in [-0.2, 0) is 6.42 Å². The van der Waals surface area contributed by atoms with E-state index in [-0.39, 0.29) is 5.82 Å². The van der Waals surface area contributed by atoms with Gasteiger partial charge >= 0.3 is 0 Å². The smallest absolute Gasteiger partial charge is 0.126 e. The SMILES string of the molecule is CCc1cc(-c2cc(F)ccc2OC)ccc1N. The summed E-state index contributed by atoms with van der Waals surface area (Å²) in [5.74, 6) is 0.379. The summed E-state index contributed by atoms with van der Waals surface area (Å²) in [6.45, 7) is 2.04. The molecule has 0 spiro atoms. The molecule has 0 radical (unpaired) electrons. The third-order valence-electron chi connectivity index (χ3n) is 3.00. The lowest BCUT2D eigenvalue weighted by atomic mass is 10.00. The first-order valence-corrected chi connectivity index (χ1v) is 5.88. The van der Waals surface area contributed by atoms with Crippen LogP contribution in [0.1, 0.15) is 12.5 Å². The number of nitrogens with two attached hydrogens (primary N) is 1. The van der Waals surface area contributed by atoms with E-state index in [9.17, 15) is 4.39 Å². The van der Waals surface area contributed by atoms with Gasteiger partial charge in [-0.2, -0.15) is 0 Å². The number of ether oxygens (including phenoxy) is 1. The van der Waals surface area contributed by atoms with Crippen LogP contribution in [0.25, 0.3) is 11.1 Å². The molecule has 0 heterocycles. The summed E-state index contributed by atoms with van der Waals surface area (Å²) in [6, 6.07) is 10.2. The van der Waals surface area contributed by atoms with Gasteiger partial charge in [0.25, 0.3) is 0 Å². The van der Waals surface area contributed by atoms with Crippen molar-refractivity contribution < 1.29 is 9.13 Å². The van der Waals surface area contributed by atoms with Crippen molar-refractivity contribution in [2.45, 2.75) is 13.3 Å². The predicted molar refractivity (Wildman–Crippen MR) is 72.2 cm³/mol. The van der Waals surface area contributed by atoms with E-state index in [2.05, 4.69) is 0 Å². The molecule has 0 fully saturated rings. The third-order valence-corrected chi connectivity index (χ3v) is 3.00. The lowest BCUT2D eigenvalue weighted by Gasteiger charge is -2.11. The Hall–Kier alpha value is -2.03. The normalized spacial score (nSPS) is 10.4. The largest absolute Gasteiger partial charge is 0.496 e. The number of anilines is 1. The predicted octanol–water partition coefficient (Wildman–Crippen LogP) is 3.65. The van der Waals surface area contributed by atoms with Gasteiger partial charge in [0.15, 0.2) is 0 Å². The van der Waals surface area contributed by atoms with Crippen LogP contribution in [0, 0.1) is 5.82 Å². The summed E-state index contributed by atoms with van der Waals surface area (Å²) in [4.78, 5) is 0. The second kappa shape index (κ2) is 5.08. The number of hydrogen-bond donors (Lipinski definition) is 1. The quantitative estimate of drug-likeness (QED) is 0.838. The molecule has 0 unspecified atom stereocenters. The number of hydrogen-bond acceptors (Lipinski definition) is 2. The minimum Gasteiger partial charge on any atom is -0.496 e. The van der Waals surface area contributed by atoms with Gasteiger partial charge in [-0.05, 0) is 47.9 Å². The van der Waals surface area contributed by atoms with Crippen LogP contribution in [0.4, 0.5) is 10.1 Å². The van der Waals surface area contributed by atoms with Gasteiger partial charge in [-0.25, -0.2) is 4.39 Å². The lowest BCUT2D eigenvalue weighted by Crippen LogP contribution is -1.94. The Labute approximate surface area is 106 Å². The van der Waals surface area contributed by atoms with Crippen LogP contribution in [0.3, 0.4) is 0 Å². The molecule has 0 aliphatic rings. The van der Waals surface area contributed by atoms with Crippen molar-refractivity contribution in [3.8, 4) is 16.9 Å². The Morgan fingerprint density at radius 3 is 2.61 bits per heavy atom. The molecule has 0 aromatic heterocycles. The van der Waals surface area contributed by atoms with Crippen molar-refractivity contribution in [2.24, 2.45) is 0 Å². The fourth-order valence-electron chi connectivity index (χ4n) is 1.99. The summed E-state index contributed by atoms with van der Waals surface area (Å²) < 4.78 is 18.6. The first kappa shape index (κ1) is 12.4. The number of benzene rings is 2. The van der Waals surface area contributed by atoms with Crippen LogP contribution >= 0.6 is 0 Å². The highest BCUT2D eigenvalue weighted by molar-refractivity contribution is 5.73. The first-order valence-electron chi connectivity index (χ1n) is 5.88. The number of rotatable bonds is 3. The van der Waals surface area contributed by atoms with E-state index in [1.807, 2.05) is 25.1 Å². The maximum absolute atomic E-state index is 13.4. The molecule has 3 heteroatoms. The molecule has 2 rings (SSSR count). The van der Waals surface area contributed by atoms with E-state index in [0.29, 0.717) is 5.75 Å². The average Bonchev–Trinajstić information content (AvgIpc) is 2.39. The molecule has 2 aromatic rings. The highest BCUT2D eigenvalue weighted by atomic mass is 19.1. The van der Waals surface area contributed by atoms with Crippen molar-refractivity contribution in [1.82, 2.24) is 0 Å². The van der Waals surface area contributed by atoms with Gasteiger partial charge in [0.1, 0.15) is 11.6 Å². The second-order valence-corrected chi connectivity index (χ2v) is 4.11. The molecule has 0 bridgehead atoms. The summed E-state index contributed by atoms with van der Waals surface area (Å²) in [5.41, 5.74) is 9.35. The highest BCUT2D eigenvalue weighted by Crippen LogP contribution is 2.32. The fraction of sp³-hybridized carbons (Fsp3) is 0.200. The van der Waals surface area contributed by atoms with Crippen LogP contribution in [0.5, 0.6) is 5.75 Å². The van der Waals surface area contributed by atoms with Gasteiger partial charge in [-0.3, -0.25) is 0 Å². The number of halogens is 1. The summed E-state index contributed by atoms with van der Waals surface area (Å²) in [6.07, 6.45) is 0.845. The Balaban J connectivity index is 2.57. The van der Waals surface area contributed by atoms with Gasteiger partial charge in [0.2, 0.25) is 0 Å². The van der Waals surface area contributed by atoms with Crippen molar-refractivity contribution in [3.63, 3.8) is 0 Å². The number of nitrogen functional groups attached to an aromatic ring is 1. The van der Waals surface area contributed by atoms with E-state index in [1.54, 1.807) is 13.2 Å². The number of aryl methyl sites for hydroxylation is 1. The molecule has 2 nitrogen and oxygen atoms in total. The zero-order valence-corrected chi connectivity index (χ0v) is 10.5. The summed E-state index contributed by atoms with van der Waals surface area (Å²) >= 11 is 0. The minimum atomic E-state index is -0.277. The zero-order chi connectivity index (χ0) is 13.1. The fourth-order valence-corrected chi connectivity index (χ4v) is 1.99. The number of methoxy groups -OCH3 is 1. The van der Waals surface area contributed by atoms with Crippen molar-refractivity contribution in [3.05, 3.63) is 47.8 Å². The highest BCUT2D eigenvalue weighted by Gasteiger charge is 2.08. The van der Waals surface area contributed by atoms with Crippen molar-refractivity contribution in [1.29, 1.82) is 0 Å². The Kier molecular flexibility index (Phi) is 3.51. The standard InChI is InChI=1S/C15H16FNO/c1-3-10-8-11(4-6-14(10)17)13-9-12(16)5-7-15(13)18-2/h4-9H,3,17H2,1-2H3. The van der Waals surface area contributed by atoms with Gasteiger partial charge in [0.05, 0.1) is 7.11 Å². The van der Waals surface area contributed by atoms with Gasteiger partial charge < -0.3 is 10.5 Å². The lowest BCUT2D eigenvalue weighted by molar-refractivity contribution is 0.415. The topological polar surface area (TPSA) is 35.2 Å². The molecule has 2 aromatic carbocycles. The molecule has 0 saturated carbocycles. The summed E-state index contributed by atoms with van der Waals surface area (Å²) in [7, 11) is 1.58. The third kappa shape index (κ3) is 2.30. The van der Waals surface area contributed by atoms with E-state index >= 15 is 0 Å². The molecule has 0 aliphatic carbocycles. The Morgan fingerprint density at radius 2 is 1.94 bits per heavy atom. The molecule has 0 aliphatic heterocycles. The molecule has 94 valence electrons. The zero-order valence-electron chi connectivity index (χ0n) is 10.5. The van der Waals surface area contributed by atoms with Crippen LogP contribution in [0.2, 0.25) is 0 Å². The first-order chi connectivity index (χ1) is 8.65. The van der Waals surface area contributed by atoms with Crippen LogP contribution in [0.15, 0.2) is 36.4 Å². The van der Waals surface area contributed by atoms with Gasteiger partial charge in [-0.15, -0.1) is 0 Å². The molecular formula is C15H16FNO. The molecular weight excluding hydrogens is 229 g/mol. The molecule has 0 atom stereocenters. The molecule has 18 heavy (non-hydrogen) atoms. The van der Waals surface area contributed by atoms with E-state index in [4.69, 9.17) is 10.5 Å². The Morgan fingerprint density at radius 1 is 1.17 bits per heavy atom. The average molecular weight is 245 g/mol. The second-order valence-electron chi connectivity index (χ2n) is 4.11. The van der Waals surface area contributed by atoms with E-state index in [1.165, 1.54) is 12.1 Å². The van der Waals surface area contributed by atoms with E-state index in [0.717, 1.165) is 28.8 Å². The Bertz CT molecular complexity index is 566. The minimum absolute atomic E-state index is 0.277. The maximum Gasteiger partial charge on any atom is 0.126 e. The summed E-state index contributed by atoms with van der Waals surface area (Å²) in [5, 5.41) is 0. The monoisotopic (exact) mass is 245 g/mol.